The summed E-state index contributed by atoms with van der Waals surface area (Å²) in [5, 5.41) is 0. The van der Waals surface area contributed by atoms with Crippen LogP contribution >= 0.6 is 0 Å². The van der Waals surface area contributed by atoms with Crippen molar-refractivity contribution in [3.05, 3.63) is 48.3 Å². The second kappa shape index (κ2) is 4.87. The number of nitrogens with two attached hydrogens (primary N) is 1. The molecule has 0 radical (unpaired) electrons. The topological polar surface area (TPSA) is 68.8 Å². The molecule has 0 aliphatic carbocycles. The van der Waals surface area contributed by atoms with E-state index in [0.717, 1.165) is 17.8 Å². The Morgan fingerprint density at radius 1 is 1.50 bits per heavy atom. The second-order valence-electron chi connectivity index (χ2n) is 3.67. The normalized spacial score (nSPS) is 12.6. The van der Waals surface area contributed by atoms with Crippen LogP contribution in [0.5, 0.6) is 0 Å². The highest BCUT2D eigenvalue weighted by Crippen LogP contribution is 2.15. The van der Waals surface area contributed by atoms with E-state index in [1.54, 1.807) is 12.5 Å². The fourth-order valence-electron chi connectivity index (χ4n) is 1.68. The molecule has 0 amide bonds. The molecule has 0 bridgehead atoms. The SMILES string of the molecule is Cn1cncc1C(Cc1ccccn1)NN. The molecule has 0 aliphatic rings. The predicted octanol–water partition coefficient (Wildman–Crippen LogP) is 0.562. The van der Waals surface area contributed by atoms with Gasteiger partial charge in [0.25, 0.3) is 0 Å². The van der Waals surface area contributed by atoms with E-state index in [4.69, 9.17) is 5.84 Å². The molecule has 2 heterocycles. The third-order valence-corrected chi connectivity index (χ3v) is 2.55. The standard InChI is InChI=1S/C11H15N5/c1-16-8-13-7-11(16)10(15-12)6-9-4-2-3-5-14-9/h2-5,7-8,10,15H,6,12H2,1H3. The van der Waals surface area contributed by atoms with Crippen molar-refractivity contribution in [2.75, 3.05) is 0 Å². The monoisotopic (exact) mass is 217 g/mol. The lowest BCUT2D eigenvalue weighted by Crippen LogP contribution is -2.31. The number of hydrogen-bond acceptors (Lipinski definition) is 4. The first-order chi connectivity index (χ1) is 7.81. The predicted molar refractivity (Wildman–Crippen MR) is 61.2 cm³/mol. The molecule has 5 nitrogen and oxygen atoms in total. The van der Waals surface area contributed by atoms with Crippen molar-refractivity contribution in [1.29, 1.82) is 0 Å². The molecule has 0 fully saturated rings. The molecule has 16 heavy (non-hydrogen) atoms. The summed E-state index contributed by atoms with van der Waals surface area (Å²) in [5.41, 5.74) is 4.85. The Labute approximate surface area is 94.3 Å². The van der Waals surface area contributed by atoms with E-state index in [-0.39, 0.29) is 6.04 Å². The number of aromatic nitrogens is 3. The lowest BCUT2D eigenvalue weighted by Gasteiger charge is -2.15. The molecule has 84 valence electrons. The van der Waals surface area contributed by atoms with Crippen molar-refractivity contribution in [3.63, 3.8) is 0 Å². The third-order valence-electron chi connectivity index (χ3n) is 2.55. The van der Waals surface area contributed by atoms with Crippen LogP contribution in [0.4, 0.5) is 0 Å². The molecule has 2 aromatic heterocycles. The number of nitrogens with zero attached hydrogens (tertiary/aromatic N) is 3. The van der Waals surface area contributed by atoms with Gasteiger partial charge < -0.3 is 4.57 Å². The second-order valence-corrected chi connectivity index (χ2v) is 3.67. The highest BCUT2D eigenvalue weighted by molar-refractivity contribution is 5.11. The zero-order valence-electron chi connectivity index (χ0n) is 9.17. The Hall–Kier alpha value is -1.72. The van der Waals surface area contributed by atoms with Crippen LogP contribution in [0.3, 0.4) is 0 Å². The van der Waals surface area contributed by atoms with Gasteiger partial charge >= 0.3 is 0 Å². The minimum Gasteiger partial charge on any atom is -0.336 e. The van der Waals surface area contributed by atoms with Gasteiger partial charge in [0, 0.05) is 31.6 Å². The fraction of sp³-hybridized carbons (Fsp3) is 0.273. The molecular formula is C11H15N5. The Morgan fingerprint density at radius 2 is 2.38 bits per heavy atom. The van der Waals surface area contributed by atoms with E-state index in [1.165, 1.54) is 0 Å². The van der Waals surface area contributed by atoms with Crippen molar-refractivity contribution in [1.82, 2.24) is 20.0 Å². The molecule has 5 heteroatoms. The molecule has 0 aliphatic heterocycles. The number of hydrazine groups is 1. The first-order valence-electron chi connectivity index (χ1n) is 5.13. The van der Waals surface area contributed by atoms with Crippen LogP contribution in [0.25, 0.3) is 0 Å². The van der Waals surface area contributed by atoms with Crippen molar-refractivity contribution in [2.45, 2.75) is 12.5 Å². The van der Waals surface area contributed by atoms with Gasteiger partial charge in [0.2, 0.25) is 0 Å². The van der Waals surface area contributed by atoms with E-state index in [2.05, 4.69) is 15.4 Å². The molecule has 0 spiro atoms. The fourth-order valence-corrected chi connectivity index (χ4v) is 1.68. The molecular weight excluding hydrogens is 202 g/mol. The lowest BCUT2D eigenvalue weighted by atomic mass is 10.1. The largest absolute Gasteiger partial charge is 0.336 e. The summed E-state index contributed by atoms with van der Waals surface area (Å²) in [6, 6.07) is 5.89. The van der Waals surface area contributed by atoms with Crippen LogP contribution in [0.1, 0.15) is 17.4 Å². The first-order valence-corrected chi connectivity index (χ1v) is 5.13. The van der Waals surface area contributed by atoms with E-state index < -0.39 is 0 Å². The number of aryl methyl sites for hydroxylation is 1. The highest BCUT2D eigenvalue weighted by atomic mass is 15.2. The van der Waals surface area contributed by atoms with Gasteiger partial charge in [-0.05, 0) is 12.1 Å². The van der Waals surface area contributed by atoms with Gasteiger partial charge in [-0.2, -0.15) is 0 Å². The molecule has 1 unspecified atom stereocenters. The maximum absolute atomic E-state index is 5.56. The number of rotatable bonds is 4. The summed E-state index contributed by atoms with van der Waals surface area (Å²) < 4.78 is 1.95. The van der Waals surface area contributed by atoms with Gasteiger partial charge in [-0.25, -0.2) is 4.98 Å². The smallest absolute Gasteiger partial charge is 0.0946 e. The minimum atomic E-state index is 0.0300. The average molecular weight is 217 g/mol. The van der Waals surface area contributed by atoms with Crippen molar-refractivity contribution in [3.8, 4) is 0 Å². The maximum Gasteiger partial charge on any atom is 0.0946 e. The van der Waals surface area contributed by atoms with Crippen LogP contribution in [-0.4, -0.2) is 14.5 Å². The number of imidazole rings is 1. The van der Waals surface area contributed by atoms with Crippen LogP contribution in [0.15, 0.2) is 36.9 Å². The Bertz CT molecular complexity index is 437. The lowest BCUT2D eigenvalue weighted by molar-refractivity contribution is 0.517. The summed E-state index contributed by atoms with van der Waals surface area (Å²) in [6.07, 6.45) is 6.11. The third kappa shape index (κ3) is 2.26. The van der Waals surface area contributed by atoms with Gasteiger partial charge in [-0.1, -0.05) is 6.07 Å². The van der Waals surface area contributed by atoms with Gasteiger partial charge in [-0.3, -0.25) is 16.3 Å². The Morgan fingerprint density at radius 3 is 2.94 bits per heavy atom. The molecule has 0 saturated heterocycles. The molecule has 2 aromatic rings. The minimum absolute atomic E-state index is 0.0300. The zero-order chi connectivity index (χ0) is 11.4. The number of hydrogen-bond donors (Lipinski definition) is 2. The quantitative estimate of drug-likeness (QED) is 0.580. The zero-order valence-corrected chi connectivity index (χ0v) is 9.17. The van der Waals surface area contributed by atoms with Gasteiger partial charge in [-0.15, -0.1) is 0 Å². The van der Waals surface area contributed by atoms with E-state index in [9.17, 15) is 0 Å². The van der Waals surface area contributed by atoms with Crippen LogP contribution < -0.4 is 11.3 Å². The highest BCUT2D eigenvalue weighted by Gasteiger charge is 2.14. The molecule has 0 aromatic carbocycles. The molecule has 0 saturated carbocycles. The van der Waals surface area contributed by atoms with Crippen LogP contribution in [0, 0.1) is 0 Å². The van der Waals surface area contributed by atoms with Crippen LogP contribution in [-0.2, 0) is 13.5 Å². The van der Waals surface area contributed by atoms with Crippen molar-refractivity contribution < 1.29 is 0 Å². The van der Waals surface area contributed by atoms with Gasteiger partial charge in [0.1, 0.15) is 0 Å². The number of pyridine rings is 1. The van der Waals surface area contributed by atoms with E-state index in [1.807, 2.05) is 36.0 Å². The molecule has 2 rings (SSSR count). The molecule has 3 N–H and O–H groups in total. The Kier molecular flexibility index (Phi) is 3.28. The van der Waals surface area contributed by atoms with Gasteiger partial charge in [0.05, 0.1) is 18.1 Å². The van der Waals surface area contributed by atoms with Gasteiger partial charge in [0.15, 0.2) is 0 Å². The summed E-state index contributed by atoms with van der Waals surface area (Å²) in [5.74, 6) is 5.56. The van der Waals surface area contributed by atoms with Crippen molar-refractivity contribution >= 4 is 0 Å². The average Bonchev–Trinajstić information content (AvgIpc) is 2.74. The first kappa shape index (κ1) is 10.8. The van der Waals surface area contributed by atoms with E-state index >= 15 is 0 Å². The Balaban J connectivity index is 2.16. The van der Waals surface area contributed by atoms with Crippen LogP contribution in [0.2, 0.25) is 0 Å². The van der Waals surface area contributed by atoms with Crippen molar-refractivity contribution in [2.24, 2.45) is 12.9 Å². The maximum atomic E-state index is 5.56. The summed E-state index contributed by atoms with van der Waals surface area (Å²) >= 11 is 0. The summed E-state index contributed by atoms with van der Waals surface area (Å²) in [4.78, 5) is 8.36. The number of nitrogens with one attached hydrogen (secondary N) is 1. The summed E-state index contributed by atoms with van der Waals surface area (Å²) in [7, 11) is 1.95. The summed E-state index contributed by atoms with van der Waals surface area (Å²) in [6.45, 7) is 0. The molecule has 1 atom stereocenters. The van der Waals surface area contributed by atoms with E-state index in [0.29, 0.717) is 0 Å².